The number of carbonyl (C=O) groups is 2. The van der Waals surface area contributed by atoms with E-state index >= 15 is 0 Å². The van der Waals surface area contributed by atoms with Gasteiger partial charge in [-0.1, -0.05) is 42.5 Å². The third-order valence-corrected chi connectivity index (χ3v) is 4.05. The van der Waals surface area contributed by atoms with Crippen LogP contribution < -0.4 is 5.32 Å². The fourth-order valence-corrected chi connectivity index (χ4v) is 2.50. The highest BCUT2D eigenvalue weighted by Crippen LogP contribution is 2.37. The molecule has 0 radical (unpaired) electrons. The van der Waals surface area contributed by atoms with E-state index in [9.17, 15) is 22.8 Å². The predicted octanol–water partition coefficient (Wildman–Crippen LogP) is 4.55. The Morgan fingerprint density at radius 2 is 1.58 bits per heavy atom. The lowest BCUT2D eigenvalue weighted by Gasteiger charge is -2.20. The van der Waals surface area contributed by atoms with Gasteiger partial charge in [-0.15, -0.1) is 0 Å². The third-order valence-electron chi connectivity index (χ3n) is 4.05. The van der Waals surface area contributed by atoms with Crippen molar-refractivity contribution >= 4 is 17.6 Å². The summed E-state index contributed by atoms with van der Waals surface area (Å²) < 4.78 is 39.9. The lowest BCUT2D eigenvalue weighted by atomic mass is 9.94. The first-order valence-corrected chi connectivity index (χ1v) is 7.92. The number of carboxylic acid groups (broad SMARTS) is 1. The molecule has 0 aromatic heterocycles. The van der Waals surface area contributed by atoms with Crippen LogP contribution >= 0.6 is 0 Å². The molecule has 7 heteroatoms. The average Bonchev–Trinajstić information content (AvgIpc) is 2.59. The zero-order valence-corrected chi connectivity index (χ0v) is 14.0. The van der Waals surface area contributed by atoms with Gasteiger partial charge in [0, 0.05) is 12.1 Å². The number of benzene rings is 2. The SMILES string of the molecule is CC(C(=O)O)c1ccc(NC(=O)CC(c2ccccc2)C(F)(F)F)cc1. The zero-order chi connectivity index (χ0) is 19.3. The van der Waals surface area contributed by atoms with Crippen LogP contribution in [0.25, 0.3) is 0 Å². The van der Waals surface area contributed by atoms with Crippen LogP contribution in [-0.2, 0) is 9.59 Å². The van der Waals surface area contributed by atoms with Crippen LogP contribution in [0.4, 0.5) is 18.9 Å². The van der Waals surface area contributed by atoms with Gasteiger partial charge in [-0.2, -0.15) is 13.2 Å². The van der Waals surface area contributed by atoms with Crippen LogP contribution in [0, 0.1) is 0 Å². The topological polar surface area (TPSA) is 66.4 Å². The molecule has 2 aromatic rings. The molecular weight excluding hydrogens is 347 g/mol. The standard InChI is InChI=1S/C19H18F3NO3/c1-12(18(25)26)13-7-9-15(10-8-13)23-17(24)11-16(19(20,21)22)14-5-3-2-4-6-14/h2-10,12,16H,11H2,1H3,(H,23,24)(H,25,26). The summed E-state index contributed by atoms with van der Waals surface area (Å²) in [6.45, 7) is 1.52. The van der Waals surface area contributed by atoms with E-state index in [2.05, 4.69) is 5.32 Å². The zero-order valence-electron chi connectivity index (χ0n) is 14.0. The number of rotatable bonds is 6. The Hall–Kier alpha value is -2.83. The van der Waals surface area contributed by atoms with Crippen molar-refractivity contribution in [1.82, 2.24) is 0 Å². The molecule has 0 saturated heterocycles. The van der Waals surface area contributed by atoms with Crippen molar-refractivity contribution in [2.45, 2.75) is 31.4 Å². The van der Waals surface area contributed by atoms with E-state index in [0.29, 0.717) is 11.3 Å². The maximum Gasteiger partial charge on any atom is 0.396 e. The monoisotopic (exact) mass is 365 g/mol. The Morgan fingerprint density at radius 3 is 2.08 bits per heavy atom. The number of hydrogen-bond donors (Lipinski definition) is 2. The molecule has 0 fully saturated rings. The molecule has 2 atom stereocenters. The molecule has 0 spiro atoms. The van der Waals surface area contributed by atoms with Gasteiger partial charge >= 0.3 is 12.1 Å². The minimum atomic E-state index is -4.54. The van der Waals surface area contributed by atoms with Gasteiger partial charge in [-0.05, 0) is 30.2 Å². The second-order valence-electron chi connectivity index (χ2n) is 5.94. The summed E-state index contributed by atoms with van der Waals surface area (Å²) in [5, 5.41) is 11.4. The van der Waals surface area contributed by atoms with E-state index in [0.717, 1.165) is 0 Å². The van der Waals surface area contributed by atoms with Gasteiger partial charge < -0.3 is 10.4 Å². The van der Waals surface area contributed by atoms with Crippen LogP contribution in [0.5, 0.6) is 0 Å². The molecule has 0 aliphatic heterocycles. The summed E-state index contributed by atoms with van der Waals surface area (Å²) in [6, 6.07) is 13.3. The Morgan fingerprint density at radius 1 is 1.00 bits per heavy atom. The van der Waals surface area contributed by atoms with Crippen molar-refractivity contribution in [2.75, 3.05) is 5.32 Å². The molecule has 0 aliphatic carbocycles. The van der Waals surface area contributed by atoms with E-state index in [1.165, 1.54) is 55.5 Å². The maximum absolute atomic E-state index is 13.3. The summed E-state index contributed by atoms with van der Waals surface area (Å²) >= 11 is 0. The van der Waals surface area contributed by atoms with Gasteiger partial charge in [0.15, 0.2) is 0 Å². The number of carboxylic acids is 1. The second kappa shape index (κ2) is 8.03. The van der Waals surface area contributed by atoms with E-state index in [1.807, 2.05) is 0 Å². The Kier molecular flexibility index (Phi) is 6.02. The number of hydrogen-bond acceptors (Lipinski definition) is 2. The smallest absolute Gasteiger partial charge is 0.396 e. The molecule has 2 aromatic carbocycles. The average molecular weight is 365 g/mol. The summed E-state index contributed by atoms with van der Waals surface area (Å²) in [5.41, 5.74) is 0.874. The maximum atomic E-state index is 13.3. The Balaban J connectivity index is 2.08. The normalized spacial score (nSPS) is 13.7. The Labute approximate surface area is 148 Å². The van der Waals surface area contributed by atoms with Crippen molar-refractivity contribution in [2.24, 2.45) is 0 Å². The highest BCUT2D eigenvalue weighted by molar-refractivity contribution is 5.91. The predicted molar refractivity (Wildman–Crippen MR) is 91.0 cm³/mol. The molecule has 2 N–H and O–H groups in total. The van der Waals surface area contributed by atoms with Crippen LogP contribution in [-0.4, -0.2) is 23.2 Å². The summed E-state index contributed by atoms with van der Waals surface area (Å²) in [5.74, 6) is -4.37. The second-order valence-corrected chi connectivity index (χ2v) is 5.94. The van der Waals surface area contributed by atoms with E-state index in [1.54, 1.807) is 6.07 Å². The molecule has 1 amide bonds. The fourth-order valence-electron chi connectivity index (χ4n) is 2.50. The molecule has 138 valence electrons. The number of alkyl halides is 3. The third kappa shape index (κ3) is 5.08. The molecule has 4 nitrogen and oxygen atoms in total. The van der Waals surface area contributed by atoms with Crippen molar-refractivity contribution in [3.8, 4) is 0 Å². The van der Waals surface area contributed by atoms with Gasteiger partial charge in [0.1, 0.15) is 0 Å². The number of nitrogens with one attached hydrogen (secondary N) is 1. The number of carbonyl (C=O) groups excluding carboxylic acids is 1. The first-order valence-electron chi connectivity index (χ1n) is 7.92. The highest BCUT2D eigenvalue weighted by Gasteiger charge is 2.41. The van der Waals surface area contributed by atoms with Gasteiger partial charge in [0.05, 0.1) is 11.8 Å². The molecular formula is C19H18F3NO3. The largest absolute Gasteiger partial charge is 0.481 e. The molecule has 0 saturated carbocycles. The Bertz CT molecular complexity index is 758. The lowest BCUT2D eigenvalue weighted by Crippen LogP contribution is -2.26. The van der Waals surface area contributed by atoms with Gasteiger partial charge in [-0.3, -0.25) is 9.59 Å². The fraction of sp³-hybridized carbons (Fsp3) is 0.263. The minimum absolute atomic E-state index is 0.0285. The first-order chi connectivity index (χ1) is 12.2. The number of aliphatic carboxylic acids is 1. The van der Waals surface area contributed by atoms with E-state index < -0.39 is 36.3 Å². The van der Waals surface area contributed by atoms with Crippen molar-refractivity contribution in [3.63, 3.8) is 0 Å². The van der Waals surface area contributed by atoms with E-state index in [-0.39, 0.29) is 5.56 Å². The first kappa shape index (κ1) is 19.5. The number of anilines is 1. The van der Waals surface area contributed by atoms with Crippen molar-refractivity contribution < 1.29 is 27.9 Å². The lowest BCUT2D eigenvalue weighted by molar-refractivity contribution is -0.156. The summed E-state index contributed by atoms with van der Waals surface area (Å²) in [6.07, 6.45) is -5.28. The van der Waals surface area contributed by atoms with Crippen LogP contribution in [0.3, 0.4) is 0 Å². The van der Waals surface area contributed by atoms with Gasteiger partial charge in [-0.25, -0.2) is 0 Å². The molecule has 0 aliphatic rings. The molecule has 26 heavy (non-hydrogen) atoms. The molecule has 0 bridgehead atoms. The number of amides is 1. The van der Waals surface area contributed by atoms with Crippen molar-refractivity contribution in [3.05, 3.63) is 65.7 Å². The van der Waals surface area contributed by atoms with Crippen molar-refractivity contribution in [1.29, 1.82) is 0 Å². The molecule has 2 rings (SSSR count). The summed E-state index contributed by atoms with van der Waals surface area (Å²) in [7, 11) is 0. The molecule has 0 heterocycles. The van der Waals surface area contributed by atoms with Gasteiger partial charge in [0.25, 0.3) is 0 Å². The summed E-state index contributed by atoms with van der Waals surface area (Å²) in [4.78, 5) is 23.0. The van der Waals surface area contributed by atoms with Crippen LogP contribution in [0.1, 0.15) is 36.3 Å². The van der Waals surface area contributed by atoms with Crippen LogP contribution in [0.2, 0.25) is 0 Å². The quantitative estimate of drug-likeness (QED) is 0.789. The molecule has 2 unspecified atom stereocenters. The van der Waals surface area contributed by atoms with E-state index in [4.69, 9.17) is 5.11 Å². The van der Waals surface area contributed by atoms with Gasteiger partial charge in [0.2, 0.25) is 5.91 Å². The number of halogens is 3. The highest BCUT2D eigenvalue weighted by atomic mass is 19.4. The minimum Gasteiger partial charge on any atom is -0.481 e. The van der Waals surface area contributed by atoms with Crippen LogP contribution in [0.15, 0.2) is 54.6 Å².